The SMILES string of the molecule is Cc1cc2c(cc1F)[nH]c(=S)n2C1(C)CCOC1C. The number of aromatic nitrogens is 2. The lowest BCUT2D eigenvalue weighted by molar-refractivity contribution is 0.0770. The summed E-state index contributed by atoms with van der Waals surface area (Å²) in [4.78, 5) is 3.10. The van der Waals surface area contributed by atoms with Crippen LogP contribution in [0, 0.1) is 17.5 Å². The summed E-state index contributed by atoms with van der Waals surface area (Å²) in [7, 11) is 0. The number of halogens is 1. The van der Waals surface area contributed by atoms with Crippen molar-refractivity contribution in [1.29, 1.82) is 0 Å². The molecule has 0 saturated carbocycles. The van der Waals surface area contributed by atoms with Crippen LogP contribution in [-0.4, -0.2) is 22.3 Å². The first-order valence-electron chi connectivity index (χ1n) is 6.46. The Hall–Kier alpha value is -1.20. The van der Waals surface area contributed by atoms with E-state index in [0.717, 1.165) is 24.1 Å². The van der Waals surface area contributed by atoms with E-state index < -0.39 is 0 Å². The van der Waals surface area contributed by atoms with Gasteiger partial charge >= 0.3 is 0 Å². The molecule has 1 N–H and O–H groups in total. The highest BCUT2D eigenvalue weighted by molar-refractivity contribution is 7.71. The predicted octanol–water partition coefficient (Wildman–Crippen LogP) is 3.67. The number of hydrogen-bond donors (Lipinski definition) is 1. The molecule has 3 rings (SSSR count). The number of H-pyrrole nitrogens is 1. The highest BCUT2D eigenvalue weighted by atomic mass is 32.1. The molecule has 2 heterocycles. The molecule has 1 aliphatic heterocycles. The van der Waals surface area contributed by atoms with Gasteiger partial charge in [0.05, 0.1) is 22.7 Å². The largest absolute Gasteiger partial charge is 0.376 e. The van der Waals surface area contributed by atoms with Gasteiger partial charge in [0.1, 0.15) is 5.82 Å². The van der Waals surface area contributed by atoms with Gasteiger partial charge in [-0.25, -0.2) is 4.39 Å². The van der Waals surface area contributed by atoms with E-state index >= 15 is 0 Å². The van der Waals surface area contributed by atoms with Crippen LogP contribution in [0.25, 0.3) is 11.0 Å². The summed E-state index contributed by atoms with van der Waals surface area (Å²) in [6.07, 6.45) is 0.995. The number of rotatable bonds is 1. The van der Waals surface area contributed by atoms with Crippen LogP contribution >= 0.6 is 12.2 Å². The number of aryl methyl sites for hydroxylation is 1. The first-order valence-corrected chi connectivity index (χ1v) is 6.87. The van der Waals surface area contributed by atoms with Crippen molar-refractivity contribution in [3.05, 3.63) is 28.3 Å². The lowest BCUT2D eigenvalue weighted by Gasteiger charge is -2.30. The summed E-state index contributed by atoms with van der Waals surface area (Å²) in [6, 6.07) is 3.37. The highest BCUT2D eigenvalue weighted by Gasteiger charge is 2.40. The molecule has 0 radical (unpaired) electrons. The van der Waals surface area contributed by atoms with Gasteiger partial charge in [-0.3, -0.25) is 0 Å². The molecule has 102 valence electrons. The van der Waals surface area contributed by atoms with Crippen LogP contribution in [0.15, 0.2) is 12.1 Å². The third-order valence-electron chi connectivity index (χ3n) is 4.33. The first kappa shape index (κ1) is 12.8. The summed E-state index contributed by atoms with van der Waals surface area (Å²) in [5.74, 6) is -0.211. The van der Waals surface area contributed by atoms with Crippen molar-refractivity contribution < 1.29 is 9.13 Å². The maximum Gasteiger partial charge on any atom is 0.178 e. The Morgan fingerprint density at radius 2 is 2.26 bits per heavy atom. The maximum atomic E-state index is 13.7. The minimum absolute atomic E-state index is 0.0866. The molecule has 0 spiro atoms. The third-order valence-corrected chi connectivity index (χ3v) is 4.61. The Morgan fingerprint density at radius 1 is 1.53 bits per heavy atom. The molecule has 2 aromatic rings. The second-order valence-corrected chi connectivity index (χ2v) is 5.89. The second-order valence-electron chi connectivity index (χ2n) is 5.50. The van der Waals surface area contributed by atoms with Crippen molar-refractivity contribution in [3.8, 4) is 0 Å². The monoisotopic (exact) mass is 280 g/mol. The van der Waals surface area contributed by atoms with E-state index in [9.17, 15) is 4.39 Å². The molecule has 1 aliphatic rings. The van der Waals surface area contributed by atoms with Crippen LogP contribution in [0.1, 0.15) is 25.8 Å². The van der Waals surface area contributed by atoms with Gasteiger partial charge in [-0.15, -0.1) is 0 Å². The fourth-order valence-electron chi connectivity index (χ4n) is 2.86. The van der Waals surface area contributed by atoms with Crippen LogP contribution < -0.4 is 0 Å². The van der Waals surface area contributed by atoms with Gasteiger partial charge in [0.25, 0.3) is 0 Å². The molecular formula is C14H17FN2OS. The molecule has 0 amide bonds. The molecule has 2 atom stereocenters. The lowest BCUT2D eigenvalue weighted by atomic mass is 9.94. The molecule has 1 aromatic carbocycles. The van der Waals surface area contributed by atoms with Gasteiger partial charge in [0, 0.05) is 6.61 Å². The molecule has 1 saturated heterocycles. The van der Waals surface area contributed by atoms with Crippen molar-refractivity contribution in [2.45, 2.75) is 38.8 Å². The minimum atomic E-state index is -0.211. The van der Waals surface area contributed by atoms with Gasteiger partial charge < -0.3 is 14.3 Å². The standard InChI is InChI=1S/C14H17FN2OS/c1-8-6-12-11(7-10(8)15)16-13(19)17(12)14(3)4-5-18-9(14)2/h6-7,9H,4-5H2,1-3H3,(H,16,19). The van der Waals surface area contributed by atoms with Gasteiger partial charge in [-0.1, -0.05) is 0 Å². The summed E-state index contributed by atoms with van der Waals surface area (Å²) >= 11 is 5.43. The Bertz CT molecular complexity index is 705. The molecule has 5 heteroatoms. The summed E-state index contributed by atoms with van der Waals surface area (Å²) in [6.45, 7) is 6.70. The predicted molar refractivity (Wildman–Crippen MR) is 75.5 cm³/mol. The number of aromatic amines is 1. The molecule has 1 fully saturated rings. The quantitative estimate of drug-likeness (QED) is 0.808. The van der Waals surface area contributed by atoms with E-state index in [1.54, 1.807) is 6.92 Å². The Kier molecular flexibility index (Phi) is 2.80. The van der Waals surface area contributed by atoms with E-state index in [0.29, 0.717) is 10.3 Å². The van der Waals surface area contributed by atoms with Gasteiger partial charge in [-0.2, -0.15) is 0 Å². The van der Waals surface area contributed by atoms with Gasteiger partial charge in [0.2, 0.25) is 0 Å². The third kappa shape index (κ3) is 1.75. The van der Waals surface area contributed by atoms with Crippen LogP contribution in [0.2, 0.25) is 0 Å². The maximum absolute atomic E-state index is 13.7. The molecule has 0 aliphatic carbocycles. The second kappa shape index (κ2) is 4.15. The van der Waals surface area contributed by atoms with Crippen molar-refractivity contribution >= 4 is 23.3 Å². The van der Waals surface area contributed by atoms with E-state index in [1.165, 1.54) is 6.07 Å². The van der Waals surface area contributed by atoms with E-state index in [2.05, 4.69) is 23.4 Å². The summed E-state index contributed by atoms with van der Waals surface area (Å²) < 4.78 is 22.1. The number of fused-ring (bicyclic) bond motifs is 1. The molecule has 3 nitrogen and oxygen atoms in total. The number of benzene rings is 1. The fraction of sp³-hybridized carbons (Fsp3) is 0.500. The molecule has 19 heavy (non-hydrogen) atoms. The van der Waals surface area contributed by atoms with E-state index in [4.69, 9.17) is 17.0 Å². The van der Waals surface area contributed by atoms with Gasteiger partial charge in [-0.05, 0) is 57.1 Å². The molecular weight excluding hydrogens is 263 g/mol. The van der Waals surface area contributed by atoms with Crippen LogP contribution in [-0.2, 0) is 10.3 Å². The normalized spacial score (nSPS) is 27.3. The number of imidazole rings is 1. The summed E-state index contributed by atoms with van der Waals surface area (Å²) in [5, 5.41) is 0. The van der Waals surface area contributed by atoms with E-state index in [-0.39, 0.29) is 17.5 Å². The average molecular weight is 280 g/mol. The zero-order chi connectivity index (χ0) is 13.8. The fourth-order valence-corrected chi connectivity index (χ4v) is 3.27. The van der Waals surface area contributed by atoms with Crippen molar-refractivity contribution in [2.75, 3.05) is 6.61 Å². The van der Waals surface area contributed by atoms with E-state index in [1.807, 2.05) is 6.07 Å². The topological polar surface area (TPSA) is 29.9 Å². The van der Waals surface area contributed by atoms with Crippen molar-refractivity contribution in [3.63, 3.8) is 0 Å². The zero-order valence-electron chi connectivity index (χ0n) is 11.3. The van der Waals surface area contributed by atoms with Crippen molar-refractivity contribution in [1.82, 2.24) is 9.55 Å². The Labute approximate surface area is 116 Å². The molecule has 0 bridgehead atoms. The van der Waals surface area contributed by atoms with Gasteiger partial charge in [0.15, 0.2) is 4.77 Å². The van der Waals surface area contributed by atoms with Crippen LogP contribution in [0.4, 0.5) is 4.39 Å². The Balaban J connectivity index is 2.32. The average Bonchev–Trinajstić information content (AvgIpc) is 2.81. The number of hydrogen-bond acceptors (Lipinski definition) is 2. The van der Waals surface area contributed by atoms with Crippen LogP contribution in [0.3, 0.4) is 0 Å². The number of nitrogens with one attached hydrogen (secondary N) is 1. The molecule has 1 aromatic heterocycles. The van der Waals surface area contributed by atoms with Crippen molar-refractivity contribution in [2.24, 2.45) is 0 Å². The number of nitrogens with zero attached hydrogens (tertiary/aromatic N) is 1. The Morgan fingerprint density at radius 3 is 2.89 bits per heavy atom. The zero-order valence-corrected chi connectivity index (χ0v) is 12.1. The molecule has 2 unspecified atom stereocenters. The summed E-state index contributed by atoms with van der Waals surface area (Å²) in [5.41, 5.74) is 2.14. The number of ether oxygens (including phenoxy) is 1. The van der Waals surface area contributed by atoms with Crippen LogP contribution in [0.5, 0.6) is 0 Å². The lowest BCUT2D eigenvalue weighted by Crippen LogP contribution is -2.36. The first-order chi connectivity index (χ1) is 8.93. The highest BCUT2D eigenvalue weighted by Crippen LogP contribution is 2.36. The smallest absolute Gasteiger partial charge is 0.178 e. The minimum Gasteiger partial charge on any atom is -0.376 e.